The third-order valence-corrected chi connectivity index (χ3v) is 2.42. The van der Waals surface area contributed by atoms with Gasteiger partial charge in [0.15, 0.2) is 0 Å². The molecule has 2 N–H and O–H groups in total. The summed E-state index contributed by atoms with van der Waals surface area (Å²) >= 11 is 0. The van der Waals surface area contributed by atoms with Crippen LogP contribution in [0, 0.1) is 0 Å². The lowest BCUT2D eigenvalue weighted by Gasteiger charge is -1.98. The summed E-state index contributed by atoms with van der Waals surface area (Å²) < 4.78 is 0. The maximum Gasteiger partial charge on any atom is 0.330 e. The van der Waals surface area contributed by atoms with Crippen LogP contribution >= 0.6 is 0 Å². The van der Waals surface area contributed by atoms with Crippen molar-refractivity contribution in [2.24, 2.45) is 0 Å². The lowest BCUT2D eigenvalue weighted by Crippen LogP contribution is -1.92. The molecule has 0 aliphatic rings. The zero-order valence-corrected chi connectivity index (χ0v) is 13.0. The van der Waals surface area contributed by atoms with Gasteiger partial charge in [0, 0.05) is 11.6 Å². The van der Waals surface area contributed by atoms with Crippen LogP contribution in [0.5, 0.6) is 0 Å². The van der Waals surface area contributed by atoms with Gasteiger partial charge in [-0.25, -0.2) is 9.59 Å². The summed E-state index contributed by atoms with van der Waals surface area (Å²) in [5.74, 6) is -1.92. The van der Waals surface area contributed by atoms with E-state index in [-0.39, 0.29) is 5.57 Å². The summed E-state index contributed by atoms with van der Waals surface area (Å²) in [6.45, 7) is 7.56. The second-order valence-corrected chi connectivity index (χ2v) is 4.36. The molecule has 0 aliphatic carbocycles. The van der Waals surface area contributed by atoms with Crippen LogP contribution in [-0.4, -0.2) is 22.2 Å². The number of aliphatic carboxylic acids is 2. The number of hydrogen-bond donors (Lipinski definition) is 2. The van der Waals surface area contributed by atoms with E-state index >= 15 is 0 Å². The second kappa shape index (κ2) is 11.5. The molecule has 0 saturated carbocycles. The van der Waals surface area contributed by atoms with Crippen LogP contribution in [0.2, 0.25) is 0 Å². The molecule has 4 nitrogen and oxygen atoms in total. The SMILES string of the molecule is C=C(C)C(=O)O.C=CC(=O)O.c1ccc(-c2ccccc2)cc1. The van der Waals surface area contributed by atoms with Gasteiger partial charge in [-0.05, 0) is 18.1 Å². The molecule has 2 aromatic rings. The number of carboxylic acids is 2. The molecule has 0 heterocycles. The Morgan fingerprint density at radius 3 is 1.30 bits per heavy atom. The van der Waals surface area contributed by atoms with Gasteiger partial charge in [0.05, 0.1) is 0 Å². The van der Waals surface area contributed by atoms with Crippen LogP contribution in [0.15, 0.2) is 85.5 Å². The number of rotatable bonds is 3. The van der Waals surface area contributed by atoms with E-state index < -0.39 is 11.9 Å². The Labute approximate surface area is 136 Å². The smallest absolute Gasteiger partial charge is 0.330 e. The molecular weight excluding hydrogens is 292 g/mol. The van der Waals surface area contributed by atoms with E-state index in [0.717, 1.165) is 6.08 Å². The molecule has 0 bridgehead atoms. The third-order valence-electron chi connectivity index (χ3n) is 2.42. The van der Waals surface area contributed by atoms with Gasteiger partial charge in [-0.2, -0.15) is 0 Å². The average Bonchev–Trinajstić information content (AvgIpc) is 2.57. The molecule has 0 aromatic heterocycles. The summed E-state index contributed by atoms with van der Waals surface area (Å²) in [7, 11) is 0. The quantitative estimate of drug-likeness (QED) is 0.830. The highest BCUT2D eigenvalue weighted by Gasteiger charge is 1.92. The molecular formula is C19H20O4. The van der Waals surface area contributed by atoms with Crippen molar-refractivity contribution in [3.05, 3.63) is 85.5 Å². The third kappa shape index (κ3) is 10.3. The van der Waals surface area contributed by atoms with Crippen LogP contribution < -0.4 is 0 Å². The predicted octanol–water partition coefficient (Wildman–Crippen LogP) is 4.26. The van der Waals surface area contributed by atoms with E-state index in [2.05, 4.69) is 61.7 Å². The predicted molar refractivity (Wildman–Crippen MR) is 92.2 cm³/mol. The Hall–Kier alpha value is -3.14. The van der Waals surface area contributed by atoms with Gasteiger partial charge in [-0.3, -0.25) is 0 Å². The average molecular weight is 312 g/mol. The first-order chi connectivity index (χ1) is 10.9. The first kappa shape index (κ1) is 19.9. The molecule has 0 amide bonds. The number of benzene rings is 2. The molecule has 0 spiro atoms. The van der Waals surface area contributed by atoms with E-state index in [1.165, 1.54) is 18.1 Å². The molecule has 0 radical (unpaired) electrons. The highest BCUT2D eigenvalue weighted by molar-refractivity contribution is 5.84. The van der Waals surface area contributed by atoms with Crippen LogP contribution in [0.4, 0.5) is 0 Å². The Morgan fingerprint density at radius 1 is 0.870 bits per heavy atom. The van der Waals surface area contributed by atoms with Crippen molar-refractivity contribution in [1.29, 1.82) is 0 Å². The topological polar surface area (TPSA) is 74.6 Å². The minimum Gasteiger partial charge on any atom is -0.478 e. The molecule has 0 unspecified atom stereocenters. The number of hydrogen-bond acceptors (Lipinski definition) is 2. The van der Waals surface area contributed by atoms with Gasteiger partial charge in [-0.1, -0.05) is 73.8 Å². The van der Waals surface area contributed by atoms with Crippen molar-refractivity contribution in [2.45, 2.75) is 6.92 Å². The van der Waals surface area contributed by atoms with Gasteiger partial charge >= 0.3 is 11.9 Å². The van der Waals surface area contributed by atoms with Crippen LogP contribution in [-0.2, 0) is 9.59 Å². The Bertz CT molecular complexity index is 581. The Balaban J connectivity index is 0.000000374. The molecule has 2 aromatic carbocycles. The maximum atomic E-state index is 9.60. The summed E-state index contributed by atoms with van der Waals surface area (Å²) in [6, 6.07) is 20.8. The summed E-state index contributed by atoms with van der Waals surface area (Å²) in [5.41, 5.74) is 2.73. The minimum absolute atomic E-state index is 0.176. The second-order valence-electron chi connectivity index (χ2n) is 4.36. The van der Waals surface area contributed by atoms with E-state index in [9.17, 15) is 9.59 Å². The minimum atomic E-state index is -0.981. The molecule has 0 saturated heterocycles. The van der Waals surface area contributed by atoms with Crippen LogP contribution in [0.3, 0.4) is 0 Å². The fourth-order valence-corrected chi connectivity index (χ4v) is 1.26. The van der Waals surface area contributed by atoms with E-state index in [4.69, 9.17) is 10.2 Å². The van der Waals surface area contributed by atoms with Gasteiger partial charge in [-0.15, -0.1) is 0 Å². The summed E-state index contributed by atoms with van der Waals surface area (Å²) in [4.78, 5) is 18.8. The van der Waals surface area contributed by atoms with Crippen LogP contribution in [0.1, 0.15) is 6.92 Å². The molecule has 120 valence electrons. The molecule has 0 fully saturated rings. The lowest BCUT2D eigenvalue weighted by atomic mass is 10.1. The van der Waals surface area contributed by atoms with E-state index in [1.807, 2.05) is 12.1 Å². The molecule has 0 atom stereocenters. The monoisotopic (exact) mass is 312 g/mol. The number of carboxylic acid groups (broad SMARTS) is 2. The van der Waals surface area contributed by atoms with E-state index in [0.29, 0.717) is 0 Å². The van der Waals surface area contributed by atoms with Gasteiger partial charge < -0.3 is 10.2 Å². The van der Waals surface area contributed by atoms with Gasteiger partial charge in [0.1, 0.15) is 0 Å². The molecule has 0 aliphatic heterocycles. The highest BCUT2D eigenvalue weighted by atomic mass is 16.4. The van der Waals surface area contributed by atoms with E-state index in [1.54, 1.807) is 0 Å². The van der Waals surface area contributed by atoms with Crippen molar-refractivity contribution in [1.82, 2.24) is 0 Å². The first-order valence-electron chi connectivity index (χ1n) is 6.73. The summed E-state index contributed by atoms with van der Waals surface area (Å²) in [6.07, 6.45) is 0.833. The van der Waals surface area contributed by atoms with Crippen molar-refractivity contribution in [2.75, 3.05) is 0 Å². The zero-order valence-electron chi connectivity index (χ0n) is 13.0. The molecule has 4 heteroatoms. The Kier molecular flexibility index (Phi) is 9.94. The lowest BCUT2D eigenvalue weighted by molar-refractivity contribution is -0.133. The fourth-order valence-electron chi connectivity index (χ4n) is 1.26. The molecule has 23 heavy (non-hydrogen) atoms. The Morgan fingerprint density at radius 2 is 1.13 bits per heavy atom. The van der Waals surface area contributed by atoms with Crippen molar-refractivity contribution in [3.63, 3.8) is 0 Å². The van der Waals surface area contributed by atoms with Crippen LogP contribution in [0.25, 0.3) is 11.1 Å². The fraction of sp³-hybridized carbons (Fsp3) is 0.0526. The van der Waals surface area contributed by atoms with Crippen molar-refractivity contribution < 1.29 is 19.8 Å². The largest absolute Gasteiger partial charge is 0.478 e. The van der Waals surface area contributed by atoms with Gasteiger partial charge in [0.25, 0.3) is 0 Å². The maximum absolute atomic E-state index is 9.60. The van der Waals surface area contributed by atoms with Crippen molar-refractivity contribution >= 4 is 11.9 Å². The first-order valence-corrected chi connectivity index (χ1v) is 6.73. The summed E-state index contributed by atoms with van der Waals surface area (Å²) in [5, 5.41) is 15.5. The highest BCUT2D eigenvalue weighted by Crippen LogP contribution is 2.17. The number of carbonyl (C=O) groups is 2. The zero-order chi connectivity index (χ0) is 17.7. The normalized spacial score (nSPS) is 8.39. The molecule has 2 rings (SSSR count). The standard InChI is InChI=1S/C12H10.C4H6O2.C3H4O2/c1-3-7-11(8-4-1)12-9-5-2-6-10-12;1-3(2)4(5)6;1-2-3(4)5/h1-10H;1H2,2H3,(H,5,6);2H,1H2,(H,4,5). The van der Waals surface area contributed by atoms with Gasteiger partial charge in [0.2, 0.25) is 0 Å². The van der Waals surface area contributed by atoms with Crippen molar-refractivity contribution in [3.8, 4) is 11.1 Å².